The first-order chi connectivity index (χ1) is 8.87. The van der Waals surface area contributed by atoms with Crippen LogP contribution in [0.25, 0.3) is 0 Å². The molecule has 0 amide bonds. The summed E-state index contributed by atoms with van der Waals surface area (Å²) in [5.74, 6) is -1.15. The SMILES string of the molecule is C=CCN(C1CC1)S(=O)(=O)c1cc(C(=O)O)n(C)c1. The van der Waals surface area contributed by atoms with E-state index in [4.69, 9.17) is 5.11 Å². The van der Waals surface area contributed by atoms with E-state index in [0.29, 0.717) is 0 Å². The number of carboxylic acids is 1. The van der Waals surface area contributed by atoms with Crippen molar-refractivity contribution in [2.75, 3.05) is 6.54 Å². The molecule has 19 heavy (non-hydrogen) atoms. The molecular weight excluding hydrogens is 268 g/mol. The van der Waals surface area contributed by atoms with Crippen LogP contribution in [0.1, 0.15) is 23.3 Å². The van der Waals surface area contributed by atoms with Crippen molar-refractivity contribution in [2.45, 2.75) is 23.8 Å². The average molecular weight is 284 g/mol. The Labute approximate surface area is 112 Å². The van der Waals surface area contributed by atoms with E-state index in [9.17, 15) is 13.2 Å². The first kappa shape index (κ1) is 13.8. The predicted molar refractivity (Wildman–Crippen MR) is 69.5 cm³/mol. The molecule has 0 aliphatic heterocycles. The van der Waals surface area contributed by atoms with Crippen LogP contribution in [0.4, 0.5) is 0 Å². The van der Waals surface area contributed by atoms with Crippen LogP contribution in [0.3, 0.4) is 0 Å². The molecule has 1 aromatic heterocycles. The summed E-state index contributed by atoms with van der Waals surface area (Å²) in [6, 6.07) is 1.20. The Morgan fingerprint density at radius 2 is 2.26 bits per heavy atom. The number of hydrogen-bond acceptors (Lipinski definition) is 3. The fourth-order valence-corrected chi connectivity index (χ4v) is 3.68. The van der Waals surface area contributed by atoms with E-state index in [2.05, 4.69) is 6.58 Å². The minimum absolute atomic E-state index is 0.0106. The minimum Gasteiger partial charge on any atom is -0.477 e. The molecule has 0 atom stereocenters. The van der Waals surface area contributed by atoms with Gasteiger partial charge in [-0.15, -0.1) is 6.58 Å². The highest BCUT2D eigenvalue weighted by molar-refractivity contribution is 7.89. The smallest absolute Gasteiger partial charge is 0.352 e. The van der Waals surface area contributed by atoms with Crippen LogP contribution in [0.5, 0.6) is 0 Å². The van der Waals surface area contributed by atoms with E-state index in [1.807, 2.05) is 0 Å². The van der Waals surface area contributed by atoms with Crippen molar-refractivity contribution >= 4 is 16.0 Å². The van der Waals surface area contributed by atoms with Gasteiger partial charge in [-0.3, -0.25) is 0 Å². The Balaban J connectivity index is 2.40. The largest absolute Gasteiger partial charge is 0.477 e. The van der Waals surface area contributed by atoms with Crippen molar-refractivity contribution in [3.05, 3.63) is 30.6 Å². The second-order valence-corrected chi connectivity index (χ2v) is 6.46. The number of hydrogen-bond donors (Lipinski definition) is 1. The predicted octanol–water partition coefficient (Wildman–Crippen LogP) is 1.06. The van der Waals surface area contributed by atoms with Crippen molar-refractivity contribution in [3.63, 3.8) is 0 Å². The van der Waals surface area contributed by atoms with Crippen LogP contribution < -0.4 is 0 Å². The topological polar surface area (TPSA) is 79.6 Å². The summed E-state index contributed by atoms with van der Waals surface area (Å²) >= 11 is 0. The number of aromatic nitrogens is 1. The average Bonchev–Trinajstić information content (AvgIpc) is 3.07. The molecule has 1 saturated carbocycles. The van der Waals surface area contributed by atoms with E-state index < -0.39 is 16.0 Å². The van der Waals surface area contributed by atoms with Gasteiger partial charge in [-0.05, 0) is 18.9 Å². The van der Waals surface area contributed by atoms with Crippen LogP contribution in [0.15, 0.2) is 29.8 Å². The van der Waals surface area contributed by atoms with Gasteiger partial charge < -0.3 is 9.67 Å². The number of sulfonamides is 1. The molecule has 0 radical (unpaired) electrons. The van der Waals surface area contributed by atoms with Gasteiger partial charge in [0.25, 0.3) is 0 Å². The van der Waals surface area contributed by atoms with E-state index >= 15 is 0 Å². The standard InChI is InChI=1S/C12H16N2O4S/c1-3-6-14(9-4-5-9)19(17,18)10-7-11(12(15)16)13(2)8-10/h3,7-9H,1,4-6H2,2H3,(H,15,16). The minimum atomic E-state index is -3.66. The third-order valence-electron chi connectivity index (χ3n) is 3.07. The molecule has 1 heterocycles. The molecule has 0 spiro atoms. The molecule has 1 fully saturated rings. The zero-order valence-electron chi connectivity index (χ0n) is 10.6. The van der Waals surface area contributed by atoms with Crippen molar-refractivity contribution in [2.24, 2.45) is 7.05 Å². The molecule has 0 bridgehead atoms. The summed E-state index contributed by atoms with van der Waals surface area (Å²) in [6.07, 6.45) is 4.55. The quantitative estimate of drug-likeness (QED) is 0.792. The molecule has 7 heteroatoms. The Kier molecular flexibility index (Phi) is 3.51. The molecule has 1 N–H and O–H groups in total. The third kappa shape index (κ3) is 2.57. The zero-order chi connectivity index (χ0) is 14.2. The van der Waals surface area contributed by atoms with Crippen LogP contribution in [0.2, 0.25) is 0 Å². The Morgan fingerprint density at radius 3 is 2.68 bits per heavy atom. The van der Waals surface area contributed by atoms with Gasteiger partial charge >= 0.3 is 5.97 Å². The summed E-state index contributed by atoms with van der Waals surface area (Å²) in [6.45, 7) is 3.80. The zero-order valence-corrected chi connectivity index (χ0v) is 11.4. The van der Waals surface area contributed by atoms with Crippen LogP contribution in [-0.4, -0.2) is 41.0 Å². The van der Waals surface area contributed by atoms with E-state index in [1.165, 1.54) is 34.3 Å². The Hall–Kier alpha value is -1.60. The second-order valence-electron chi connectivity index (χ2n) is 4.57. The van der Waals surface area contributed by atoms with E-state index in [1.54, 1.807) is 0 Å². The summed E-state index contributed by atoms with van der Waals surface area (Å²) in [7, 11) is -2.15. The summed E-state index contributed by atoms with van der Waals surface area (Å²) in [4.78, 5) is 11.0. The fraction of sp³-hybridized carbons (Fsp3) is 0.417. The maximum atomic E-state index is 12.5. The van der Waals surface area contributed by atoms with Crippen molar-refractivity contribution in [3.8, 4) is 0 Å². The second kappa shape index (κ2) is 4.82. The molecule has 0 saturated heterocycles. The van der Waals surface area contributed by atoms with Crippen molar-refractivity contribution in [1.29, 1.82) is 0 Å². The number of aryl methyl sites for hydroxylation is 1. The van der Waals surface area contributed by atoms with Crippen LogP contribution >= 0.6 is 0 Å². The van der Waals surface area contributed by atoms with Gasteiger partial charge in [0.05, 0.1) is 0 Å². The molecule has 0 aromatic carbocycles. The lowest BCUT2D eigenvalue weighted by Crippen LogP contribution is -2.33. The van der Waals surface area contributed by atoms with E-state index in [0.717, 1.165) is 12.8 Å². The number of rotatable bonds is 6. The van der Waals surface area contributed by atoms with Gasteiger partial charge in [0.15, 0.2) is 0 Å². The molecular formula is C12H16N2O4S. The Morgan fingerprint density at radius 1 is 1.63 bits per heavy atom. The highest BCUT2D eigenvalue weighted by atomic mass is 32.2. The van der Waals surface area contributed by atoms with Gasteiger partial charge in [-0.1, -0.05) is 6.08 Å². The highest BCUT2D eigenvalue weighted by Gasteiger charge is 2.38. The van der Waals surface area contributed by atoms with Gasteiger partial charge in [-0.25, -0.2) is 13.2 Å². The maximum absolute atomic E-state index is 12.5. The third-order valence-corrected chi connectivity index (χ3v) is 4.95. The van der Waals surface area contributed by atoms with Gasteiger partial charge in [0, 0.05) is 25.8 Å². The molecule has 104 valence electrons. The van der Waals surface area contributed by atoms with Crippen molar-refractivity contribution < 1.29 is 18.3 Å². The normalized spacial score (nSPS) is 15.7. The van der Waals surface area contributed by atoms with Gasteiger partial charge in [0.2, 0.25) is 10.0 Å². The summed E-state index contributed by atoms with van der Waals surface area (Å²) in [5.41, 5.74) is -0.0482. The molecule has 0 unspecified atom stereocenters. The summed E-state index contributed by atoms with van der Waals surface area (Å²) < 4.78 is 27.6. The van der Waals surface area contributed by atoms with Crippen LogP contribution in [0, 0.1) is 0 Å². The van der Waals surface area contributed by atoms with Gasteiger partial charge in [-0.2, -0.15) is 4.31 Å². The van der Waals surface area contributed by atoms with Crippen molar-refractivity contribution in [1.82, 2.24) is 8.87 Å². The summed E-state index contributed by atoms with van der Waals surface area (Å²) in [5, 5.41) is 8.96. The molecule has 1 aliphatic rings. The highest BCUT2D eigenvalue weighted by Crippen LogP contribution is 2.32. The molecule has 2 rings (SSSR count). The van der Waals surface area contributed by atoms with Gasteiger partial charge in [0.1, 0.15) is 10.6 Å². The number of carbonyl (C=O) groups is 1. The first-order valence-electron chi connectivity index (χ1n) is 5.90. The lowest BCUT2D eigenvalue weighted by Gasteiger charge is -2.19. The molecule has 1 aromatic rings. The Bertz CT molecular complexity index is 614. The first-order valence-corrected chi connectivity index (χ1v) is 7.34. The molecule has 1 aliphatic carbocycles. The maximum Gasteiger partial charge on any atom is 0.352 e. The fourth-order valence-electron chi connectivity index (χ4n) is 1.96. The monoisotopic (exact) mass is 284 g/mol. The molecule has 6 nitrogen and oxygen atoms in total. The van der Waals surface area contributed by atoms with E-state index in [-0.39, 0.29) is 23.2 Å². The lowest BCUT2D eigenvalue weighted by atomic mass is 10.4. The lowest BCUT2D eigenvalue weighted by molar-refractivity contribution is 0.0686. The van der Waals surface area contributed by atoms with Crippen LogP contribution in [-0.2, 0) is 17.1 Å². The number of aromatic carboxylic acids is 1. The number of carboxylic acid groups (broad SMARTS) is 1. The number of nitrogens with zero attached hydrogens (tertiary/aromatic N) is 2.